The Hall–Kier alpha value is -2.02. The molecular formula is C15H22N4O3. The summed E-state index contributed by atoms with van der Waals surface area (Å²) in [6, 6.07) is 3.24. The molecule has 0 aromatic carbocycles. The quantitative estimate of drug-likeness (QED) is 0.834. The van der Waals surface area contributed by atoms with Gasteiger partial charge in [0.1, 0.15) is 5.69 Å². The van der Waals surface area contributed by atoms with Crippen molar-refractivity contribution in [2.75, 3.05) is 26.2 Å². The lowest BCUT2D eigenvalue weighted by atomic mass is 9.84. The summed E-state index contributed by atoms with van der Waals surface area (Å²) in [6.07, 6.45) is 2.69. The van der Waals surface area contributed by atoms with E-state index in [-0.39, 0.29) is 24.0 Å². The number of urea groups is 1. The average Bonchev–Trinajstić information content (AvgIpc) is 3.10. The topological polar surface area (TPSA) is 89.6 Å². The van der Waals surface area contributed by atoms with Crippen molar-refractivity contribution in [2.24, 2.45) is 24.6 Å². The summed E-state index contributed by atoms with van der Waals surface area (Å²) in [5.41, 5.74) is 5.99. The molecule has 2 aliphatic rings. The number of fused-ring (bicyclic) bond motifs is 1. The van der Waals surface area contributed by atoms with Crippen LogP contribution < -0.4 is 11.1 Å². The Morgan fingerprint density at radius 3 is 3.00 bits per heavy atom. The molecule has 0 unspecified atom stereocenters. The van der Waals surface area contributed by atoms with Crippen LogP contribution in [0.1, 0.15) is 16.9 Å². The van der Waals surface area contributed by atoms with Crippen LogP contribution in [0.2, 0.25) is 0 Å². The molecule has 0 spiro atoms. The molecule has 1 aromatic rings. The SMILES string of the molecule is Cn1cccc1C(=O)NC[C@H]1OC[C@@H]2CCN(C(N)=O)C[C@@H]21. The van der Waals surface area contributed by atoms with E-state index in [9.17, 15) is 9.59 Å². The van der Waals surface area contributed by atoms with Crippen LogP contribution in [0, 0.1) is 11.8 Å². The number of amides is 3. The Morgan fingerprint density at radius 1 is 1.50 bits per heavy atom. The van der Waals surface area contributed by atoms with Crippen molar-refractivity contribution >= 4 is 11.9 Å². The number of hydrogen-bond acceptors (Lipinski definition) is 3. The highest BCUT2D eigenvalue weighted by Gasteiger charge is 2.41. The van der Waals surface area contributed by atoms with E-state index in [1.807, 2.05) is 19.3 Å². The highest BCUT2D eigenvalue weighted by atomic mass is 16.5. The summed E-state index contributed by atoms with van der Waals surface area (Å²) in [5, 5.41) is 2.93. The van der Waals surface area contributed by atoms with Gasteiger partial charge in [-0.05, 0) is 24.5 Å². The Kier molecular flexibility index (Phi) is 4.06. The second kappa shape index (κ2) is 6.00. The van der Waals surface area contributed by atoms with E-state index in [0.717, 1.165) is 6.42 Å². The Balaban J connectivity index is 1.58. The van der Waals surface area contributed by atoms with Gasteiger partial charge in [-0.2, -0.15) is 0 Å². The first-order valence-electron chi connectivity index (χ1n) is 7.61. The Labute approximate surface area is 129 Å². The fraction of sp³-hybridized carbons (Fsp3) is 0.600. The van der Waals surface area contributed by atoms with E-state index in [1.54, 1.807) is 15.5 Å². The van der Waals surface area contributed by atoms with Crippen LogP contribution in [-0.4, -0.2) is 53.8 Å². The number of hydrogen-bond donors (Lipinski definition) is 2. The van der Waals surface area contributed by atoms with Crippen molar-refractivity contribution < 1.29 is 14.3 Å². The van der Waals surface area contributed by atoms with E-state index in [0.29, 0.717) is 37.9 Å². The van der Waals surface area contributed by atoms with Gasteiger partial charge in [0.05, 0.1) is 12.7 Å². The van der Waals surface area contributed by atoms with Gasteiger partial charge in [0, 0.05) is 38.8 Å². The standard InChI is InChI=1S/C15H22N4O3/c1-18-5-2-3-12(18)14(20)17-7-13-11-8-19(15(16)21)6-4-10(11)9-22-13/h2-3,5,10-11,13H,4,6-9H2,1H3,(H2,16,21)(H,17,20)/t10-,11-,13+/m0/s1. The van der Waals surface area contributed by atoms with Gasteiger partial charge in [-0.3, -0.25) is 4.79 Å². The number of piperidine rings is 1. The summed E-state index contributed by atoms with van der Waals surface area (Å²) in [4.78, 5) is 25.2. The number of likely N-dealkylation sites (tertiary alicyclic amines) is 1. The largest absolute Gasteiger partial charge is 0.376 e. The van der Waals surface area contributed by atoms with Gasteiger partial charge in [0.15, 0.2) is 0 Å². The summed E-state index contributed by atoms with van der Waals surface area (Å²) in [6.45, 7) is 2.47. The molecule has 0 bridgehead atoms. The Morgan fingerprint density at radius 2 is 2.32 bits per heavy atom. The number of aromatic nitrogens is 1. The lowest BCUT2D eigenvalue weighted by Gasteiger charge is -2.35. The molecular weight excluding hydrogens is 284 g/mol. The number of nitrogens with one attached hydrogen (secondary N) is 1. The summed E-state index contributed by atoms with van der Waals surface area (Å²) in [5.74, 6) is 0.588. The third kappa shape index (κ3) is 2.81. The van der Waals surface area contributed by atoms with Crippen LogP contribution in [0.4, 0.5) is 4.79 Å². The van der Waals surface area contributed by atoms with Crippen molar-refractivity contribution in [1.29, 1.82) is 0 Å². The number of ether oxygens (including phenoxy) is 1. The molecule has 3 atom stereocenters. The fourth-order valence-corrected chi connectivity index (χ4v) is 3.42. The summed E-state index contributed by atoms with van der Waals surface area (Å²) in [7, 11) is 1.84. The van der Waals surface area contributed by atoms with E-state index in [1.165, 1.54) is 0 Å². The van der Waals surface area contributed by atoms with Crippen LogP contribution in [0.5, 0.6) is 0 Å². The monoisotopic (exact) mass is 306 g/mol. The van der Waals surface area contributed by atoms with Crippen molar-refractivity contribution in [2.45, 2.75) is 12.5 Å². The highest BCUT2D eigenvalue weighted by molar-refractivity contribution is 5.92. The van der Waals surface area contributed by atoms with Gasteiger partial charge in [-0.25, -0.2) is 4.79 Å². The van der Waals surface area contributed by atoms with Gasteiger partial charge >= 0.3 is 6.03 Å². The van der Waals surface area contributed by atoms with Gasteiger partial charge in [-0.15, -0.1) is 0 Å². The predicted octanol–water partition coefficient (Wildman–Crippen LogP) is 0.171. The lowest BCUT2D eigenvalue weighted by molar-refractivity contribution is 0.0722. The number of nitrogens with zero attached hydrogens (tertiary/aromatic N) is 2. The molecule has 22 heavy (non-hydrogen) atoms. The minimum absolute atomic E-state index is 0.0589. The molecule has 0 saturated carbocycles. The van der Waals surface area contributed by atoms with E-state index in [4.69, 9.17) is 10.5 Å². The normalized spacial score (nSPS) is 27.5. The molecule has 0 aliphatic carbocycles. The summed E-state index contributed by atoms with van der Waals surface area (Å²) >= 11 is 0. The predicted molar refractivity (Wildman–Crippen MR) is 80.2 cm³/mol. The minimum atomic E-state index is -0.378. The Bertz CT molecular complexity index is 571. The fourth-order valence-electron chi connectivity index (χ4n) is 3.42. The maximum absolute atomic E-state index is 12.1. The van der Waals surface area contributed by atoms with Crippen molar-refractivity contribution in [3.63, 3.8) is 0 Å². The van der Waals surface area contributed by atoms with Crippen molar-refractivity contribution in [3.05, 3.63) is 24.0 Å². The zero-order chi connectivity index (χ0) is 15.7. The molecule has 0 radical (unpaired) electrons. The highest BCUT2D eigenvalue weighted by Crippen LogP contribution is 2.33. The average molecular weight is 306 g/mol. The van der Waals surface area contributed by atoms with Crippen molar-refractivity contribution in [1.82, 2.24) is 14.8 Å². The molecule has 2 saturated heterocycles. The van der Waals surface area contributed by atoms with Crippen LogP contribution in [0.25, 0.3) is 0 Å². The molecule has 7 heteroatoms. The molecule has 2 aliphatic heterocycles. The second-order valence-corrected chi connectivity index (χ2v) is 6.08. The van der Waals surface area contributed by atoms with Crippen molar-refractivity contribution in [3.8, 4) is 0 Å². The summed E-state index contributed by atoms with van der Waals surface area (Å²) < 4.78 is 7.61. The smallest absolute Gasteiger partial charge is 0.314 e. The number of carbonyl (C=O) groups is 2. The third-order valence-corrected chi connectivity index (χ3v) is 4.76. The van der Waals surface area contributed by atoms with E-state index in [2.05, 4.69) is 5.32 Å². The van der Waals surface area contributed by atoms with Crippen LogP contribution in [0.3, 0.4) is 0 Å². The molecule has 120 valence electrons. The molecule has 7 nitrogen and oxygen atoms in total. The number of nitrogens with two attached hydrogens (primary N) is 1. The molecule has 1 aromatic heterocycles. The number of rotatable bonds is 3. The lowest BCUT2D eigenvalue weighted by Crippen LogP contribution is -2.49. The van der Waals surface area contributed by atoms with Crippen LogP contribution in [0.15, 0.2) is 18.3 Å². The number of primary amides is 1. The molecule has 2 fully saturated rings. The van der Waals surface area contributed by atoms with Gasteiger partial charge in [0.25, 0.3) is 5.91 Å². The first-order valence-corrected chi connectivity index (χ1v) is 7.61. The van der Waals surface area contributed by atoms with Gasteiger partial charge in [0.2, 0.25) is 0 Å². The number of carbonyl (C=O) groups excluding carboxylic acids is 2. The maximum Gasteiger partial charge on any atom is 0.314 e. The van der Waals surface area contributed by atoms with E-state index < -0.39 is 0 Å². The molecule has 3 heterocycles. The first kappa shape index (κ1) is 14.9. The van der Waals surface area contributed by atoms with E-state index >= 15 is 0 Å². The van der Waals surface area contributed by atoms with Crippen LogP contribution >= 0.6 is 0 Å². The molecule has 3 amide bonds. The maximum atomic E-state index is 12.1. The second-order valence-electron chi connectivity index (χ2n) is 6.08. The van der Waals surface area contributed by atoms with Gasteiger partial charge < -0.3 is 25.3 Å². The zero-order valence-corrected chi connectivity index (χ0v) is 12.7. The molecule has 3 N–H and O–H groups in total. The van der Waals surface area contributed by atoms with Gasteiger partial charge in [-0.1, -0.05) is 0 Å². The minimum Gasteiger partial charge on any atom is -0.376 e. The number of aryl methyl sites for hydroxylation is 1. The third-order valence-electron chi connectivity index (χ3n) is 4.76. The van der Waals surface area contributed by atoms with Crippen LogP contribution in [-0.2, 0) is 11.8 Å². The zero-order valence-electron chi connectivity index (χ0n) is 12.7. The molecule has 3 rings (SSSR count). The first-order chi connectivity index (χ1) is 10.6.